The second-order valence-corrected chi connectivity index (χ2v) is 6.04. The lowest BCUT2D eigenvalue weighted by Gasteiger charge is -2.07. The van der Waals surface area contributed by atoms with E-state index in [0.29, 0.717) is 18.8 Å². The highest BCUT2D eigenvalue weighted by Gasteiger charge is 2.07. The minimum absolute atomic E-state index is 0.221. The van der Waals surface area contributed by atoms with Gasteiger partial charge in [0.25, 0.3) is 0 Å². The van der Waals surface area contributed by atoms with Crippen LogP contribution in [0, 0.1) is 0 Å². The number of amides is 2. The summed E-state index contributed by atoms with van der Waals surface area (Å²) in [5, 5.41) is 5.27. The number of anilines is 1. The first-order valence-corrected chi connectivity index (χ1v) is 7.66. The fourth-order valence-electron chi connectivity index (χ4n) is 1.38. The van der Waals surface area contributed by atoms with E-state index >= 15 is 0 Å². The Labute approximate surface area is 113 Å². The van der Waals surface area contributed by atoms with Gasteiger partial charge in [-0.15, -0.1) is 0 Å². The van der Waals surface area contributed by atoms with Gasteiger partial charge in [0.1, 0.15) is 0 Å². The second-order valence-electron chi connectivity index (χ2n) is 4.02. The predicted molar refractivity (Wildman–Crippen MR) is 73.1 cm³/mol. The highest BCUT2D eigenvalue weighted by molar-refractivity contribution is 7.90. The minimum Gasteiger partial charge on any atom is -0.385 e. The smallest absolute Gasteiger partial charge is 0.319 e. The van der Waals surface area contributed by atoms with Crippen LogP contribution in [0.15, 0.2) is 29.2 Å². The number of methoxy groups -OCH3 is 1. The van der Waals surface area contributed by atoms with Crippen LogP contribution >= 0.6 is 0 Å². The molecule has 2 N–H and O–H groups in total. The first kappa shape index (κ1) is 15.5. The van der Waals surface area contributed by atoms with Gasteiger partial charge in [-0.2, -0.15) is 0 Å². The Hall–Kier alpha value is -1.60. The minimum atomic E-state index is -3.21. The zero-order valence-corrected chi connectivity index (χ0v) is 11.8. The SMILES string of the molecule is COCCCNC(=O)Nc1ccc(S(C)(=O)=O)cc1. The Bertz CT molecular complexity index is 511. The molecule has 0 aliphatic rings. The topological polar surface area (TPSA) is 84.5 Å². The molecule has 7 heteroatoms. The number of rotatable bonds is 6. The van der Waals surface area contributed by atoms with Crippen LogP contribution in [0.1, 0.15) is 6.42 Å². The molecule has 1 aromatic carbocycles. The average molecular weight is 286 g/mol. The number of benzene rings is 1. The van der Waals surface area contributed by atoms with Gasteiger partial charge in [0.15, 0.2) is 9.84 Å². The number of urea groups is 1. The van der Waals surface area contributed by atoms with Crippen LogP contribution in [0.2, 0.25) is 0 Å². The molecular weight excluding hydrogens is 268 g/mol. The first-order chi connectivity index (χ1) is 8.93. The van der Waals surface area contributed by atoms with E-state index < -0.39 is 9.84 Å². The molecule has 0 spiro atoms. The summed E-state index contributed by atoms with van der Waals surface area (Å²) in [5.41, 5.74) is 0.539. The highest BCUT2D eigenvalue weighted by Crippen LogP contribution is 2.13. The maximum atomic E-state index is 11.5. The van der Waals surface area contributed by atoms with E-state index in [1.807, 2.05) is 0 Å². The Morgan fingerprint density at radius 2 is 1.89 bits per heavy atom. The van der Waals surface area contributed by atoms with Crippen molar-refractivity contribution in [1.82, 2.24) is 5.32 Å². The number of sulfone groups is 1. The van der Waals surface area contributed by atoms with Crippen LogP contribution in [0.25, 0.3) is 0 Å². The van der Waals surface area contributed by atoms with Gasteiger partial charge >= 0.3 is 6.03 Å². The van der Waals surface area contributed by atoms with Crippen LogP contribution in [-0.2, 0) is 14.6 Å². The summed E-state index contributed by atoms with van der Waals surface area (Å²) in [5.74, 6) is 0. The van der Waals surface area contributed by atoms with E-state index in [0.717, 1.165) is 12.7 Å². The number of nitrogens with one attached hydrogen (secondary N) is 2. The van der Waals surface area contributed by atoms with Crippen molar-refractivity contribution < 1.29 is 17.9 Å². The van der Waals surface area contributed by atoms with Gasteiger partial charge in [0.05, 0.1) is 4.90 Å². The molecule has 0 heterocycles. The molecule has 0 fully saturated rings. The van der Waals surface area contributed by atoms with Gasteiger partial charge in [-0.25, -0.2) is 13.2 Å². The molecule has 0 atom stereocenters. The van der Waals surface area contributed by atoms with Crippen molar-refractivity contribution in [2.24, 2.45) is 0 Å². The highest BCUT2D eigenvalue weighted by atomic mass is 32.2. The molecule has 106 valence electrons. The molecule has 0 saturated heterocycles. The summed E-state index contributed by atoms with van der Waals surface area (Å²) in [4.78, 5) is 11.7. The van der Waals surface area contributed by atoms with Crippen LogP contribution in [0.3, 0.4) is 0 Å². The van der Waals surface area contributed by atoms with Crippen molar-refractivity contribution in [3.05, 3.63) is 24.3 Å². The molecule has 0 radical (unpaired) electrons. The van der Waals surface area contributed by atoms with Crippen molar-refractivity contribution in [1.29, 1.82) is 0 Å². The molecule has 19 heavy (non-hydrogen) atoms. The Morgan fingerprint density at radius 3 is 2.42 bits per heavy atom. The molecule has 0 bridgehead atoms. The van der Waals surface area contributed by atoms with Crippen molar-refractivity contribution >= 4 is 21.6 Å². The predicted octanol–water partition coefficient (Wildman–Crippen LogP) is 1.25. The van der Waals surface area contributed by atoms with Crippen LogP contribution < -0.4 is 10.6 Å². The monoisotopic (exact) mass is 286 g/mol. The van der Waals surface area contributed by atoms with Gasteiger partial charge in [0.2, 0.25) is 0 Å². The summed E-state index contributed by atoms with van der Waals surface area (Å²) >= 11 is 0. The van der Waals surface area contributed by atoms with Crippen molar-refractivity contribution in [3.8, 4) is 0 Å². The van der Waals surface area contributed by atoms with E-state index in [-0.39, 0.29) is 10.9 Å². The van der Waals surface area contributed by atoms with Crippen LogP contribution in [-0.4, -0.2) is 41.0 Å². The van der Waals surface area contributed by atoms with E-state index in [1.54, 1.807) is 19.2 Å². The zero-order chi connectivity index (χ0) is 14.3. The van der Waals surface area contributed by atoms with E-state index in [4.69, 9.17) is 4.74 Å². The third kappa shape index (κ3) is 5.71. The fraction of sp³-hybridized carbons (Fsp3) is 0.417. The summed E-state index contributed by atoms with van der Waals surface area (Å²) in [6, 6.07) is 5.67. The quantitative estimate of drug-likeness (QED) is 0.771. The second kappa shape index (κ2) is 7.10. The van der Waals surface area contributed by atoms with Gasteiger partial charge in [-0.1, -0.05) is 0 Å². The molecule has 1 rings (SSSR count). The van der Waals surface area contributed by atoms with Crippen LogP contribution in [0.5, 0.6) is 0 Å². The number of carbonyl (C=O) groups is 1. The van der Waals surface area contributed by atoms with E-state index in [1.165, 1.54) is 12.1 Å². The van der Waals surface area contributed by atoms with Crippen molar-refractivity contribution in [2.75, 3.05) is 31.8 Å². The van der Waals surface area contributed by atoms with Gasteiger partial charge in [0, 0.05) is 32.2 Å². The van der Waals surface area contributed by atoms with Gasteiger partial charge in [-0.05, 0) is 30.7 Å². The molecule has 0 unspecified atom stereocenters. The molecule has 1 aromatic rings. The molecule has 6 nitrogen and oxygen atoms in total. The Kier molecular flexibility index (Phi) is 5.78. The molecule has 0 aromatic heterocycles. The molecular formula is C12H18N2O4S. The van der Waals surface area contributed by atoms with Crippen molar-refractivity contribution in [2.45, 2.75) is 11.3 Å². The normalized spacial score (nSPS) is 11.1. The van der Waals surface area contributed by atoms with Crippen LogP contribution in [0.4, 0.5) is 10.5 Å². The maximum Gasteiger partial charge on any atom is 0.319 e. The number of ether oxygens (including phenoxy) is 1. The fourth-order valence-corrected chi connectivity index (χ4v) is 2.01. The zero-order valence-electron chi connectivity index (χ0n) is 11.0. The maximum absolute atomic E-state index is 11.5. The lowest BCUT2D eigenvalue weighted by Crippen LogP contribution is -2.30. The summed E-state index contributed by atoms with van der Waals surface area (Å²) in [6.45, 7) is 1.10. The standard InChI is InChI=1S/C12H18N2O4S/c1-18-9-3-8-13-12(15)14-10-4-6-11(7-5-10)19(2,16)17/h4-7H,3,8-9H2,1-2H3,(H2,13,14,15). The summed E-state index contributed by atoms with van der Waals surface area (Å²) < 4.78 is 27.4. The molecule has 2 amide bonds. The Balaban J connectivity index is 2.47. The lowest BCUT2D eigenvalue weighted by atomic mass is 10.3. The first-order valence-electron chi connectivity index (χ1n) is 5.77. The number of carbonyl (C=O) groups excluding carboxylic acids is 1. The van der Waals surface area contributed by atoms with E-state index in [2.05, 4.69) is 10.6 Å². The third-order valence-corrected chi connectivity index (χ3v) is 3.48. The van der Waals surface area contributed by atoms with Gasteiger partial charge < -0.3 is 15.4 Å². The molecule has 0 saturated carbocycles. The summed E-state index contributed by atoms with van der Waals surface area (Å²) in [7, 11) is -1.61. The molecule has 0 aliphatic heterocycles. The van der Waals surface area contributed by atoms with Gasteiger partial charge in [-0.3, -0.25) is 0 Å². The lowest BCUT2D eigenvalue weighted by molar-refractivity contribution is 0.194. The summed E-state index contributed by atoms with van der Waals surface area (Å²) in [6.07, 6.45) is 1.87. The largest absolute Gasteiger partial charge is 0.385 e. The molecule has 0 aliphatic carbocycles. The number of hydrogen-bond acceptors (Lipinski definition) is 4. The Morgan fingerprint density at radius 1 is 1.26 bits per heavy atom. The van der Waals surface area contributed by atoms with E-state index in [9.17, 15) is 13.2 Å². The van der Waals surface area contributed by atoms with Crippen molar-refractivity contribution in [3.63, 3.8) is 0 Å². The average Bonchev–Trinajstić information content (AvgIpc) is 2.34. The third-order valence-electron chi connectivity index (χ3n) is 2.35. The number of hydrogen-bond donors (Lipinski definition) is 2.